The number of carbonyl (C=O) groups excluding carboxylic acids is 6. The third-order valence-corrected chi connectivity index (χ3v) is 7.56. The van der Waals surface area contributed by atoms with Crippen LogP contribution in [-0.4, -0.2) is 72.2 Å². The smallest absolute Gasteiger partial charge is 0.407 e. The van der Waals surface area contributed by atoms with E-state index in [1.165, 1.54) is 17.1 Å². The zero-order valence-electron chi connectivity index (χ0n) is 24.9. The summed E-state index contributed by atoms with van der Waals surface area (Å²) in [5, 5.41) is 10.8. The van der Waals surface area contributed by atoms with Crippen LogP contribution in [0.5, 0.6) is 0 Å². The largest absolute Gasteiger partial charge is 0.445 e. The fourth-order valence-electron chi connectivity index (χ4n) is 4.96. The summed E-state index contributed by atoms with van der Waals surface area (Å²) in [6.07, 6.45) is 4.56. The van der Waals surface area contributed by atoms with Gasteiger partial charge in [-0.15, -0.1) is 0 Å². The van der Waals surface area contributed by atoms with Crippen molar-refractivity contribution >= 4 is 41.3 Å². The highest BCUT2D eigenvalue weighted by molar-refractivity contribution is 6.12. The van der Waals surface area contributed by atoms with Gasteiger partial charge in [0.15, 0.2) is 0 Å². The van der Waals surface area contributed by atoms with E-state index in [0.29, 0.717) is 51.0 Å². The number of hydrogen-bond acceptors (Lipinski definition) is 8. The van der Waals surface area contributed by atoms with E-state index in [9.17, 15) is 28.8 Å². The number of nitrogens with one attached hydrogen (secondary N) is 4. The number of ether oxygens (including phenoxy) is 1. The third-order valence-electron chi connectivity index (χ3n) is 7.56. The van der Waals surface area contributed by atoms with E-state index >= 15 is 0 Å². The first kappa shape index (κ1) is 33.2. The Morgan fingerprint density at radius 3 is 2.14 bits per heavy atom. The van der Waals surface area contributed by atoms with Crippen molar-refractivity contribution in [3.05, 3.63) is 42.0 Å². The second kappa shape index (κ2) is 15.8. The van der Waals surface area contributed by atoms with Gasteiger partial charge >= 0.3 is 6.09 Å². The predicted molar refractivity (Wildman–Crippen MR) is 158 cm³/mol. The average molecular weight is 599 g/mol. The lowest BCUT2D eigenvalue weighted by Crippen LogP contribution is -2.54. The summed E-state index contributed by atoms with van der Waals surface area (Å²) in [4.78, 5) is 75.3. The van der Waals surface area contributed by atoms with Gasteiger partial charge in [0.2, 0.25) is 17.7 Å². The second-order valence-corrected chi connectivity index (χ2v) is 11.3. The Morgan fingerprint density at radius 1 is 0.930 bits per heavy atom. The van der Waals surface area contributed by atoms with Crippen molar-refractivity contribution in [3.63, 3.8) is 0 Å². The van der Waals surface area contributed by atoms with Crippen LogP contribution < -0.4 is 27.0 Å². The Labute approximate surface area is 251 Å². The highest BCUT2D eigenvalue weighted by Crippen LogP contribution is 2.30. The number of benzene rings is 1. The van der Waals surface area contributed by atoms with Crippen molar-refractivity contribution in [1.29, 1.82) is 0 Å². The zero-order valence-corrected chi connectivity index (χ0v) is 24.9. The molecule has 234 valence electrons. The van der Waals surface area contributed by atoms with E-state index < -0.39 is 30.0 Å². The van der Waals surface area contributed by atoms with E-state index in [-0.39, 0.29) is 42.1 Å². The molecule has 0 unspecified atom stereocenters. The monoisotopic (exact) mass is 598 g/mol. The highest BCUT2D eigenvalue weighted by atomic mass is 16.5. The molecule has 6 N–H and O–H groups in total. The molecule has 2 aliphatic rings. The van der Waals surface area contributed by atoms with Crippen molar-refractivity contribution in [3.8, 4) is 0 Å². The molecule has 0 spiro atoms. The van der Waals surface area contributed by atoms with Gasteiger partial charge < -0.3 is 31.7 Å². The van der Waals surface area contributed by atoms with Gasteiger partial charge in [-0.1, -0.05) is 26.0 Å². The fourth-order valence-corrected chi connectivity index (χ4v) is 4.96. The Morgan fingerprint density at radius 2 is 1.56 bits per heavy atom. The number of amides is 6. The van der Waals surface area contributed by atoms with E-state index in [1.54, 1.807) is 31.2 Å². The SMILES string of the molecule is CC(C)[C@H](NC(=O)C1CCC(CN2C(=O)C=CC2=O)CC1)C(=O)N[C@@H](C)C(=O)Nc1ccc(COC(=O)NCCN)cc1. The van der Waals surface area contributed by atoms with Crippen LogP contribution in [0.1, 0.15) is 52.0 Å². The topological polar surface area (TPSA) is 189 Å². The number of nitrogens with zero attached hydrogens (tertiary/aromatic N) is 1. The molecule has 1 saturated carbocycles. The molecule has 0 saturated heterocycles. The number of rotatable bonds is 13. The van der Waals surface area contributed by atoms with Gasteiger partial charge in [0.05, 0.1) is 0 Å². The van der Waals surface area contributed by atoms with Gasteiger partial charge in [-0.25, -0.2) is 4.79 Å². The summed E-state index contributed by atoms with van der Waals surface area (Å²) in [7, 11) is 0. The third kappa shape index (κ3) is 9.91. The summed E-state index contributed by atoms with van der Waals surface area (Å²) >= 11 is 0. The van der Waals surface area contributed by atoms with Gasteiger partial charge in [-0.2, -0.15) is 0 Å². The van der Waals surface area contributed by atoms with E-state index in [1.807, 2.05) is 13.8 Å². The molecule has 0 bridgehead atoms. The van der Waals surface area contributed by atoms with Crippen LogP contribution >= 0.6 is 0 Å². The standard InChI is InChI=1S/C30H42N6O7/c1-18(2)26(35-28(40)22-8-4-20(5-9-22)16-36-24(37)12-13-25(36)38)29(41)33-19(3)27(39)34-23-10-6-21(7-11-23)17-43-30(42)32-15-14-31/h6-7,10-13,18-20,22,26H,4-5,8-9,14-17,31H2,1-3H3,(H,32,42)(H,33,41)(H,34,39)(H,35,40)/t19-,20?,22?,26-/m0/s1. The lowest BCUT2D eigenvalue weighted by atomic mass is 9.81. The van der Waals surface area contributed by atoms with Crippen molar-refractivity contribution in [1.82, 2.24) is 20.9 Å². The molecule has 2 atom stereocenters. The van der Waals surface area contributed by atoms with E-state index in [4.69, 9.17) is 10.5 Å². The molecule has 6 amide bonds. The van der Waals surface area contributed by atoms with E-state index in [2.05, 4.69) is 21.3 Å². The highest BCUT2D eigenvalue weighted by Gasteiger charge is 2.34. The number of anilines is 1. The summed E-state index contributed by atoms with van der Waals surface area (Å²) in [5.74, 6) is -2.08. The van der Waals surface area contributed by atoms with E-state index in [0.717, 1.165) is 5.56 Å². The molecule has 3 rings (SSSR count). The normalized spacial score (nSPS) is 19.5. The van der Waals surface area contributed by atoms with Crippen LogP contribution in [0, 0.1) is 17.8 Å². The summed E-state index contributed by atoms with van der Waals surface area (Å²) in [5.41, 5.74) is 6.55. The number of alkyl carbamates (subject to hydrolysis) is 1. The minimum absolute atomic E-state index is 0.0547. The van der Waals surface area contributed by atoms with Crippen LogP contribution in [0.3, 0.4) is 0 Å². The molecule has 13 nitrogen and oxygen atoms in total. The van der Waals surface area contributed by atoms with Crippen LogP contribution in [0.2, 0.25) is 0 Å². The van der Waals surface area contributed by atoms with Crippen molar-refractivity contribution in [2.75, 3.05) is 25.0 Å². The molecule has 1 fully saturated rings. The van der Waals surface area contributed by atoms with Gasteiger partial charge in [-0.3, -0.25) is 28.9 Å². The molecular formula is C30H42N6O7. The molecule has 0 radical (unpaired) electrons. The first-order chi connectivity index (χ1) is 20.5. The molecule has 0 aromatic heterocycles. The first-order valence-electron chi connectivity index (χ1n) is 14.6. The molecule has 1 aromatic rings. The Bertz CT molecular complexity index is 1190. The maximum atomic E-state index is 13.1. The predicted octanol–water partition coefficient (Wildman–Crippen LogP) is 1.19. The number of hydrogen-bond donors (Lipinski definition) is 5. The average Bonchev–Trinajstić information content (AvgIpc) is 3.30. The number of nitrogens with two attached hydrogens (primary N) is 1. The van der Waals surface area contributed by atoms with Crippen molar-refractivity contribution in [2.24, 2.45) is 23.5 Å². The molecule has 1 aromatic carbocycles. The summed E-state index contributed by atoms with van der Waals surface area (Å²) in [6, 6.07) is 5.03. The molecular weight excluding hydrogens is 556 g/mol. The lowest BCUT2D eigenvalue weighted by molar-refractivity contribution is -0.138. The molecule has 1 aliphatic carbocycles. The Balaban J connectivity index is 1.44. The molecule has 1 aliphatic heterocycles. The van der Waals surface area contributed by atoms with Crippen molar-refractivity contribution in [2.45, 2.75) is 65.1 Å². The summed E-state index contributed by atoms with van der Waals surface area (Å²) < 4.78 is 5.08. The fraction of sp³-hybridized carbons (Fsp3) is 0.533. The molecule has 1 heterocycles. The Kier molecular flexibility index (Phi) is 12.2. The first-order valence-corrected chi connectivity index (χ1v) is 14.6. The van der Waals surface area contributed by atoms with Gasteiger partial charge in [-0.05, 0) is 62.1 Å². The minimum Gasteiger partial charge on any atom is -0.445 e. The molecule has 43 heavy (non-hydrogen) atoms. The zero-order chi connectivity index (χ0) is 31.5. The lowest BCUT2D eigenvalue weighted by Gasteiger charge is -2.31. The number of carbonyl (C=O) groups is 6. The second-order valence-electron chi connectivity index (χ2n) is 11.3. The Hall–Kier alpha value is -4.26. The van der Waals surface area contributed by atoms with Gasteiger partial charge in [0, 0.05) is 43.4 Å². The van der Waals surface area contributed by atoms with Crippen molar-refractivity contribution < 1.29 is 33.5 Å². The van der Waals surface area contributed by atoms with Crippen LogP contribution in [0.25, 0.3) is 0 Å². The summed E-state index contributed by atoms with van der Waals surface area (Å²) in [6.45, 7) is 6.22. The minimum atomic E-state index is -0.874. The quantitative estimate of drug-likeness (QED) is 0.209. The molecule has 13 heteroatoms. The van der Waals surface area contributed by atoms with Crippen LogP contribution in [-0.2, 0) is 35.3 Å². The van der Waals surface area contributed by atoms with Crippen LogP contribution in [0.4, 0.5) is 10.5 Å². The maximum absolute atomic E-state index is 13.1. The van der Waals surface area contributed by atoms with Gasteiger partial charge in [0.1, 0.15) is 18.7 Å². The maximum Gasteiger partial charge on any atom is 0.407 e. The number of imide groups is 1. The van der Waals surface area contributed by atoms with Gasteiger partial charge in [0.25, 0.3) is 11.8 Å². The van der Waals surface area contributed by atoms with Crippen LogP contribution in [0.15, 0.2) is 36.4 Å².